The number of amides is 1. The molecule has 2 rings (SSSR count). The SMILES string of the molecule is CC[C@H](C)c1ccccc1NC(=O)[C@H](C)OC(=O)c1ccc(SC)c([N+](=O)[O-])c1. The Bertz CT molecular complexity index is 916. The number of esters is 1. The molecule has 0 aliphatic heterocycles. The largest absolute Gasteiger partial charge is 0.449 e. The van der Waals surface area contributed by atoms with E-state index in [-0.39, 0.29) is 17.2 Å². The number of benzene rings is 2. The molecule has 0 radical (unpaired) electrons. The van der Waals surface area contributed by atoms with Crippen LogP contribution < -0.4 is 5.32 Å². The van der Waals surface area contributed by atoms with Crippen LogP contribution in [0.4, 0.5) is 11.4 Å². The molecule has 0 bridgehead atoms. The van der Waals surface area contributed by atoms with Gasteiger partial charge in [-0.3, -0.25) is 14.9 Å². The molecule has 0 aliphatic carbocycles. The van der Waals surface area contributed by atoms with Crippen LogP contribution in [0.3, 0.4) is 0 Å². The number of ether oxygens (including phenoxy) is 1. The van der Waals surface area contributed by atoms with Gasteiger partial charge in [-0.15, -0.1) is 11.8 Å². The molecular weight excluding hydrogens is 392 g/mol. The van der Waals surface area contributed by atoms with E-state index >= 15 is 0 Å². The first-order chi connectivity index (χ1) is 13.8. The fourth-order valence-corrected chi connectivity index (χ4v) is 3.28. The summed E-state index contributed by atoms with van der Waals surface area (Å²) in [6, 6.07) is 11.6. The lowest BCUT2D eigenvalue weighted by molar-refractivity contribution is -0.387. The molecule has 8 heteroatoms. The molecule has 0 heterocycles. The number of nitro groups is 1. The third kappa shape index (κ3) is 5.57. The van der Waals surface area contributed by atoms with Gasteiger partial charge in [0.1, 0.15) is 0 Å². The normalized spacial score (nSPS) is 12.7. The van der Waals surface area contributed by atoms with Crippen LogP contribution in [-0.2, 0) is 9.53 Å². The number of hydrogen-bond donors (Lipinski definition) is 1. The van der Waals surface area contributed by atoms with Crippen LogP contribution >= 0.6 is 11.8 Å². The van der Waals surface area contributed by atoms with Crippen LogP contribution in [0, 0.1) is 10.1 Å². The summed E-state index contributed by atoms with van der Waals surface area (Å²) in [5.41, 5.74) is 1.53. The Hall–Kier alpha value is -2.87. The maximum Gasteiger partial charge on any atom is 0.339 e. The van der Waals surface area contributed by atoms with Gasteiger partial charge in [-0.2, -0.15) is 0 Å². The first-order valence-corrected chi connectivity index (χ1v) is 10.4. The Balaban J connectivity index is 2.11. The predicted octanol–water partition coefficient (Wildman–Crippen LogP) is 5.01. The minimum absolute atomic E-state index is 0.0224. The van der Waals surface area contributed by atoms with Crippen molar-refractivity contribution in [2.45, 2.75) is 44.1 Å². The predicted molar refractivity (Wildman–Crippen MR) is 114 cm³/mol. The highest BCUT2D eigenvalue weighted by molar-refractivity contribution is 7.98. The molecule has 154 valence electrons. The zero-order valence-electron chi connectivity index (χ0n) is 16.8. The lowest BCUT2D eigenvalue weighted by Crippen LogP contribution is -2.30. The maximum atomic E-state index is 12.5. The summed E-state index contributed by atoms with van der Waals surface area (Å²) < 4.78 is 5.22. The molecule has 29 heavy (non-hydrogen) atoms. The van der Waals surface area contributed by atoms with E-state index in [0.717, 1.165) is 18.1 Å². The number of para-hydroxylation sites is 1. The number of nitro benzene ring substituents is 1. The summed E-state index contributed by atoms with van der Waals surface area (Å²) in [5.74, 6) is -0.997. The van der Waals surface area contributed by atoms with Gasteiger partial charge in [0.2, 0.25) is 0 Å². The van der Waals surface area contributed by atoms with Crippen LogP contribution in [0.2, 0.25) is 0 Å². The molecule has 0 aromatic heterocycles. The lowest BCUT2D eigenvalue weighted by Gasteiger charge is -2.18. The fraction of sp³-hybridized carbons (Fsp3) is 0.333. The Morgan fingerprint density at radius 2 is 1.90 bits per heavy atom. The summed E-state index contributed by atoms with van der Waals surface area (Å²) in [4.78, 5) is 36.0. The molecule has 2 aromatic rings. The zero-order valence-corrected chi connectivity index (χ0v) is 17.6. The molecule has 0 fully saturated rings. The van der Waals surface area contributed by atoms with Gasteiger partial charge < -0.3 is 10.1 Å². The molecule has 1 N–H and O–H groups in total. The lowest BCUT2D eigenvalue weighted by atomic mass is 9.97. The second-order valence-electron chi connectivity index (χ2n) is 6.58. The zero-order chi connectivity index (χ0) is 21.6. The van der Waals surface area contributed by atoms with Gasteiger partial charge in [0.25, 0.3) is 11.6 Å². The van der Waals surface area contributed by atoms with Crippen LogP contribution in [-0.4, -0.2) is 29.2 Å². The number of hydrogen-bond acceptors (Lipinski definition) is 6. The van der Waals surface area contributed by atoms with Crippen LogP contribution in [0.15, 0.2) is 47.4 Å². The second-order valence-corrected chi connectivity index (χ2v) is 7.43. The van der Waals surface area contributed by atoms with Crippen LogP contribution in [0.1, 0.15) is 49.0 Å². The van der Waals surface area contributed by atoms with Gasteiger partial charge in [0, 0.05) is 11.8 Å². The van der Waals surface area contributed by atoms with Crippen molar-refractivity contribution in [1.82, 2.24) is 0 Å². The molecule has 2 atom stereocenters. The second kappa shape index (κ2) is 10.1. The van der Waals surface area contributed by atoms with Crippen LogP contribution in [0.5, 0.6) is 0 Å². The number of rotatable bonds is 8. The van der Waals surface area contributed by atoms with Crippen molar-refractivity contribution in [3.63, 3.8) is 0 Å². The highest BCUT2D eigenvalue weighted by atomic mass is 32.2. The highest BCUT2D eigenvalue weighted by Crippen LogP contribution is 2.29. The van der Waals surface area contributed by atoms with Crippen molar-refractivity contribution in [1.29, 1.82) is 0 Å². The Labute approximate surface area is 174 Å². The van der Waals surface area contributed by atoms with Gasteiger partial charge in [0.15, 0.2) is 6.10 Å². The molecular formula is C21H24N2O5S. The first kappa shape index (κ1) is 22.4. The van der Waals surface area contributed by atoms with Gasteiger partial charge in [0.05, 0.1) is 15.4 Å². The summed E-state index contributed by atoms with van der Waals surface area (Å²) >= 11 is 1.21. The van der Waals surface area contributed by atoms with Gasteiger partial charge in [-0.1, -0.05) is 32.0 Å². The van der Waals surface area contributed by atoms with E-state index in [1.807, 2.05) is 18.2 Å². The van der Waals surface area contributed by atoms with Crippen molar-refractivity contribution in [2.24, 2.45) is 0 Å². The van der Waals surface area contributed by atoms with E-state index in [4.69, 9.17) is 4.74 Å². The van der Waals surface area contributed by atoms with Gasteiger partial charge >= 0.3 is 5.97 Å². The minimum atomic E-state index is -1.06. The monoisotopic (exact) mass is 416 g/mol. The van der Waals surface area contributed by atoms with Crippen molar-refractivity contribution in [3.05, 3.63) is 63.7 Å². The Morgan fingerprint density at radius 1 is 1.21 bits per heavy atom. The van der Waals surface area contributed by atoms with Crippen molar-refractivity contribution < 1.29 is 19.2 Å². The number of anilines is 1. The first-order valence-electron chi connectivity index (χ1n) is 9.21. The van der Waals surface area contributed by atoms with E-state index in [2.05, 4.69) is 19.2 Å². The summed E-state index contributed by atoms with van der Waals surface area (Å²) in [6.45, 7) is 5.60. The molecule has 2 aromatic carbocycles. The molecule has 7 nitrogen and oxygen atoms in total. The number of nitrogens with zero attached hydrogens (tertiary/aromatic N) is 1. The van der Waals surface area contributed by atoms with E-state index in [1.165, 1.54) is 30.8 Å². The minimum Gasteiger partial charge on any atom is -0.449 e. The topological polar surface area (TPSA) is 98.5 Å². The van der Waals surface area contributed by atoms with Crippen molar-refractivity contribution in [2.75, 3.05) is 11.6 Å². The maximum absolute atomic E-state index is 12.5. The summed E-state index contributed by atoms with van der Waals surface area (Å²) in [7, 11) is 0. The Morgan fingerprint density at radius 3 is 2.52 bits per heavy atom. The van der Waals surface area contributed by atoms with Gasteiger partial charge in [-0.05, 0) is 49.3 Å². The fourth-order valence-electron chi connectivity index (χ4n) is 2.74. The van der Waals surface area contributed by atoms with Crippen molar-refractivity contribution in [3.8, 4) is 0 Å². The van der Waals surface area contributed by atoms with Crippen molar-refractivity contribution >= 4 is 35.0 Å². The number of carbonyl (C=O) groups is 2. The smallest absolute Gasteiger partial charge is 0.339 e. The number of carbonyl (C=O) groups excluding carboxylic acids is 2. The summed E-state index contributed by atoms with van der Waals surface area (Å²) in [5, 5.41) is 14.0. The highest BCUT2D eigenvalue weighted by Gasteiger charge is 2.23. The van der Waals surface area contributed by atoms with Gasteiger partial charge in [-0.25, -0.2) is 4.79 Å². The Kier molecular flexibility index (Phi) is 7.78. The molecule has 0 unspecified atom stereocenters. The molecule has 0 spiro atoms. The van der Waals surface area contributed by atoms with Crippen LogP contribution in [0.25, 0.3) is 0 Å². The average molecular weight is 416 g/mol. The third-order valence-electron chi connectivity index (χ3n) is 4.63. The number of nitrogens with one attached hydrogen (secondary N) is 1. The van der Waals surface area contributed by atoms with E-state index < -0.39 is 22.9 Å². The van der Waals surface area contributed by atoms with E-state index in [9.17, 15) is 19.7 Å². The standard InChI is InChI=1S/C21H24N2O5S/c1-5-13(2)16-8-6-7-9-17(16)22-20(24)14(3)28-21(25)15-10-11-19(29-4)18(12-15)23(26)27/h6-14H,5H2,1-4H3,(H,22,24)/t13-,14-/m0/s1. The molecule has 0 saturated heterocycles. The third-order valence-corrected chi connectivity index (χ3v) is 5.41. The average Bonchev–Trinajstić information content (AvgIpc) is 2.72. The number of thioether (sulfide) groups is 1. The molecule has 0 aliphatic rings. The molecule has 0 saturated carbocycles. The quantitative estimate of drug-likeness (QED) is 0.281. The molecule has 1 amide bonds. The van der Waals surface area contributed by atoms with E-state index in [0.29, 0.717) is 10.6 Å². The summed E-state index contributed by atoms with van der Waals surface area (Å²) in [6.07, 6.45) is 1.57. The van der Waals surface area contributed by atoms with E-state index in [1.54, 1.807) is 12.3 Å².